The first-order valence-electron chi connectivity index (χ1n) is 7.74. The van der Waals surface area contributed by atoms with E-state index in [-0.39, 0.29) is 6.04 Å². The highest BCUT2D eigenvalue weighted by Crippen LogP contribution is 2.20. The van der Waals surface area contributed by atoms with E-state index in [1.165, 1.54) is 11.3 Å². The Kier molecular flexibility index (Phi) is 6.45. The van der Waals surface area contributed by atoms with E-state index in [9.17, 15) is 14.7 Å². The normalized spacial score (nSPS) is 13.1. The zero-order chi connectivity index (χ0) is 17.5. The Morgan fingerprint density at radius 2 is 1.96 bits per heavy atom. The van der Waals surface area contributed by atoms with E-state index in [1.807, 2.05) is 19.2 Å². The molecule has 1 heterocycles. The Morgan fingerprint density at radius 1 is 1.25 bits per heavy atom. The van der Waals surface area contributed by atoms with Crippen molar-refractivity contribution in [3.63, 3.8) is 0 Å². The number of nitrogens with one attached hydrogen (secondary N) is 2. The molecule has 0 unspecified atom stereocenters. The van der Waals surface area contributed by atoms with Gasteiger partial charge in [-0.2, -0.15) is 0 Å². The Hall–Kier alpha value is -2.25. The van der Waals surface area contributed by atoms with Crippen LogP contribution >= 0.6 is 11.3 Å². The number of hydrogen-bond donors (Lipinski definition) is 3. The number of carbonyl (C=O) groups is 2. The van der Waals surface area contributed by atoms with Crippen molar-refractivity contribution in [1.29, 1.82) is 0 Å². The van der Waals surface area contributed by atoms with E-state index in [0.717, 1.165) is 10.7 Å². The fourth-order valence-corrected chi connectivity index (χ4v) is 3.10. The van der Waals surface area contributed by atoms with Crippen LogP contribution in [0.3, 0.4) is 0 Å². The highest BCUT2D eigenvalue weighted by Gasteiger charge is 2.24. The van der Waals surface area contributed by atoms with Gasteiger partial charge in [-0.25, -0.2) is 4.98 Å². The van der Waals surface area contributed by atoms with Crippen molar-refractivity contribution < 1.29 is 14.7 Å². The smallest absolute Gasteiger partial charge is 0.251 e. The molecule has 0 aliphatic rings. The van der Waals surface area contributed by atoms with Crippen LogP contribution < -0.4 is 10.6 Å². The number of hydrogen-bond acceptors (Lipinski definition) is 5. The third kappa shape index (κ3) is 4.62. The monoisotopic (exact) mass is 347 g/mol. The van der Waals surface area contributed by atoms with E-state index in [2.05, 4.69) is 15.6 Å². The van der Waals surface area contributed by atoms with Crippen LogP contribution in [0.15, 0.2) is 35.7 Å². The van der Waals surface area contributed by atoms with Gasteiger partial charge in [-0.05, 0) is 25.5 Å². The average molecular weight is 347 g/mol. The van der Waals surface area contributed by atoms with Gasteiger partial charge in [0.25, 0.3) is 5.91 Å². The van der Waals surface area contributed by atoms with Gasteiger partial charge in [-0.15, -0.1) is 11.3 Å². The summed E-state index contributed by atoms with van der Waals surface area (Å²) in [6, 6.07) is 7.33. The predicted octanol–water partition coefficient (Wildman–Crippen LogP) is 1.81. The van der Waals surface area contributed by atoms with Gasteiger partial charge < -0.3 is 15.7 Å². The topological polar surface area (TPSA) is 91.3 Å². The molecule has 2 rings (SSSR count). The third-order valence-corrected chi connectivity index (χ3v) is 4.58. The summed E-state index contributed by atoms with van der Waals surface area (Å²) in [6.45, 7) is 3.36. The number of nitrogens with zero attached hydrogens (tertiary/aromatic N) is 1. The number of amides is 2. The lowest BCUT2D eigenvalue weighted by Gasteiger charge is -2.20. The molecule has 6 nitrogen and oxygen atoms in total. The zero-order valence-electron chi connectivity index (χ0n) is 13.7. The van der Waals surface area contributed by atoms with Crippen molar-refractivity contribution in [2.45, 2.75) is 32.4 Å². The molecule has 1 aromatic carbocycles. The van der Waals surface area contributed by atoms with Crippen LogP contribution in [-0.2, 0) is 4.79 Å². The van der Waals surface area contributed by atoms with E-state index in [0.29, 0.717) is 12.0 Å². The maximum atomic E-state index is 12.4. The summed E-state index contributed by atoms with van der Waals surface area (Å²) in [5, 5.41) is 17.6. The Balaban J connectivity index is 2.01. The second-order valence-corrected chi connectivity index (χ2v) is 6.26. The lowest BCUT2D eigenvalue weighted by atomic mass is 10.1. The molecule has 2 aromatic rings. The van der Waals surface area contributed by atoms with Crippen molar-refractivity contribution in [3.05, 3.63) is 52.0 Å². The molecule has 0 aliphatic carbocycles. The maximum absolute atomic E-state index is 12.4. The summed E-state index contributed by atoms with van der Waals surface area (Å²) in [5.74, 6) is -0.829. The highest BCUT2D eigenvalue weighted by atomic mass is 32.1. The number of benzene rings is 1. The van der Waals surface area contributed by atoms with Gasteiger partial charge >= 0.3 is 0 Å². The molecule has 2 amide bonds. The first-order valence-corrected chi connectivity index (χ1v) is 8.62. The molecular weight excluding hydrogens is 326 g/mol. The standard InChI is InChI=1S/C17H21N3O3S/c1-3-13(17-18-11(2)10-24-17)19-16(23)14(9-21)20-15(22)12-7-5-4-6-8-12/h4-8,10,13-14,21H,3,9H2,1-2H3,(H,19,23)(H,20,22)/t13-,14+/m1/s1. The molecule has 0 saturated heterocycles. The lowest BCUT2D eigenvalue weighted by molar-refractivity contribution is -0.124. The molecule has 0 bridgehead atoms. The second-order valence-electron chi connectivity index (χ2n) is 5.37. The fourth-order valence-electron chi connectivity index (χ4n) is 2.17. The van der Waals surface area contributed by atoms with E-state index in [4.69, 9.17) is 0 Å². The minimum absolute atomic E-state index is 0.237. The quantitative estimate of drug-likeness (QED) is 0.712. The van der Waals surface area contributed by atoms with Crippen molar-refractivity contribution in [2.75, 3.05) is 6.61 Å². The lowest BCUT2D eigenvalue weighted by Crippen LogP contribution is -2.49. The molecule has 24 heavy (non-hydrogen) atoms. The Labute approximate surface area is 144 Å². The predicted molar refractivity (Wildman–Crippen MR) is 92.8 cm³/mol. The number of aromatic nitrogens is 1. The summed E-state index contributed by atoms with van der Waals surface area (Å²) in [7, 11) is 0. The minimum atomic E-state index is -1.01. The minimum Gasteiger partial charge on any atom is -0.394 e. The van der Waals surface area contributed by atoms with Crippen LogP contribution in [-0.4, -0.2) is 34.6 Å². The highest BCUT2D eigenvalue weighted by molar-refractivity contribution is 7.09. The van der Waals surface area contributed by atoms with Crippen molar-refractivity contribution in [2.24, 2.45) is 0 Å². The Morgan fingerprint density at radius 3 is 2.50 bits per heavy atom. The molecule has 0 fully saturated rings. The maximum Gasteiger partial charge on any atom is 0.251 e. The number of aryl methyl sites for hydroxylation is 1. The first-order chi connectivity index (χ1) is 11.5. The summed E-state index contributed by atoms with van der Waals surface area (Å²) in [5.41, 5.74) is 1.34. The molecule has 3 N–H and O–H groups in total. The van der Waals surface area contributed by atoms with Gasteiger partial charge in [0.05, 0.1) is 12.6 Å². The molecule has 0 saturated carbocycles. The van der Waals surface area contributed by atoms with Crippen LogP contribution in [0.1, 0.15) is 40.4 Å². The van der Waals surface area contributed by atoms with Crippen LogP contribution in [0.5, 0.6) is 0 Å². The largest absolute Gasteiger partial charge is 0.394 e. The average Bonchev–Trinajstić information content (AvgIpc) is 3.04. The van der Waals surface area contributed by atoms with Gasteiger partial charge in [0.1, 0.15) is 11.0 Å². The molecule has 1 aromatic heterocycles. The van der Waals surface area contributed by atoms with Crippen LogP contribution in [0.4, 0.5) is 0 Å². The molecule has 2 atom stereocenters. The third-order valence-electron chi connectivity index (χ3n) is 3.50. The molecule has 128 valence electrons. The van der Waals surface area contributed by atoms with E-state index >= 15 is 0 Å². The summed E-state index contributed by atoms with van der Waals surface area (Å²) < 4.78 is 0. The molecule has 0 spiro atoms. The van der Waals surface area contributed by atoms with Gasteiger partial charge in [-0.1, -0.05) is 25.1 Å². The van der Waals surface area contributed by atoms with Crippen molar-refractivity contribution in [3.8, 4) is 0 Å². The van der Waals surface area contributed by atoms with Crippen LogP contribution in [0.25, 0.3) is 0 Å². The van der Waals surface area contributed by atoms with Crippen LogP contribution in [0, 0.1) is 6.92 Å². The van der Waals surface area contributed by atoms with Gasteiger partial charge in [-0.3, -0.25) is 9.59 Å². The number of aliphatic hydroxyl groups excluding tert-OH is 1. The van der Waals surface area contributed by atoms with E-state index < -0.39 is 24.5 Å². The van der Waals surface area contributed by atoms with Crippen molar-refractivity contribution >= 4 is 23.2 Å². The molecule has 0 aliphatic heterocycles. The second kappa shape index (κ2) is 8.56. The Bertz CT molecular complexity index is 687. The first kappa shape index (κ1) is 18.1. The SMILES string of the molecule is CC[C@@H](NC(=O)[C@H](CO)NC(=O)c1ccccc1)c1nc(C)cs1. The van der Waals surface area contributed by atoms with Gasteiger partial charge in [0.15, 0.2) is 0 Å². The fraction of sp³-hybridized carbons (Fsp3) is 0.353. The van der Waals surface area contributed by atoms with Crippen LogP contribution in [0.2, 0.25) is 0 Å². The van der Waals surface area contributed by atoms with E-state index in [1.54, 1.807) is 30.3 Å². The summed E-state index contributed by atoms with van der Waals surface area (Å²) >= 11 is 1.48. The van der Waals surface area contributed by atoms with Gasteiger partial charge in [0, 0.05) is 16.6 Å². The number of carbonyl (C=O) groups excluding carboxylic acids is 2. The number of rotatable bonds is 7. The molecular formula is C17H21N3O3S. The summed E-state index contributed by atoms with van der Waals surface area (Å²) in [6.07, 6.45) is 0.670. The van der Waals surface area contributed by atoms with Crippen molar-refractivity contribution in [1.82, 2.24) is 15.6 Å². The molecule has 7 heteroatoms. The molecule has 0 radical (unpaired) electrons. The number of thiazole rings is 1. The number of aliphatic hydroxyl groups is 1. The summed E-state index contributed by atoms with van der Waals surface area (Å²) in [4.78, 5) is 28.9. The zero-order valence-corrected chi connectivity index (χ0v) is 14.5. The van der Waals surface area contributed by atoms with Gasteiger partial charge in [0.2, 0.25) is 5.91 Å².